The molecule has 0 N–H and O–H groups in total. The smallest absolute Gasteiger partial charge is 0.201 e. The van der Waals surface area contributed by atoms with Crippen molar-refractivity contribution < 1.29 is 36.2 Å². The molecule has 1 atom stereocenters. The molecule has 1 aliphatic rings. The van der Waals surface area contributed by atoms with Crippen LogP contribution in [0.3, 0.4) is 0 Å². The van der Waals surface area contributed by atoms with Gasteiger partial charge >= 0.3 is 0 Å². The van der Waals surface area contributed by atoms with E-state index < -0.39 is 29.1 Å². The van der Waals surface area contributed by atoms with Crippen LogP contribution in [-0.4, -0.2) is 19.8 Å². The average Bonchev–Trinajstić information content (AvgIpc) is 2.94. The van der Waals surface area contributed by atoms with Gasteiger partial charge in [0.1, 0.15) is 11.6 Å². The van der Waals surface area contributed by atoms with Crippen LogP contribution in [0.4, 0.5) is 22.0 Å². The fourth-order valence-corrected chi connectivity index (χ4v) is 4.53. The van der Waals surface area contributed by atoms with Gasteiger partial charge in [-0.2, -0.15) is 8.78 Å². The van der Waals surface area contributed by atoms with E-state index in [-0.39, 0.29) is 53.1 Å². The topological polar surface area (TPSA) is 27.7 Å². The summed E-state index contributed by atoms with van der Waals surface area (Å²) in [5.41, 5.74) is 0.644. The van der Waals surface area contributed by atoms with Crippen LogP contribution in [0.2, 0.25) is 0 Å². The first-order valence-electron chi connectivity index (χ1n) is 13.2. The zero-order valence-electron chi connectivity index (χ0n) is 22.0. The van der Waals surface area contributed by atoms with Gasteiger partial charge in [0, 0.05) is 22.8 Å². The van der Waals surface area contributed by atoms with Gasteiger partial charge in [-0.05, 0) is 80.5 Å². The number of allylic oxidation sites excluding steroid dienone is 2. The molecule has 4 rings (SSSR count). The molecule has 1 unspecified atom stereocenters. The standard InChI is InChI=1S/C31H31F5O3/c1-3-5-16-38-27-14-12-22(28(33)31(27)36)20-8-6-19(7-9-20)18-39-21-10-11-23(25(32)17-21)24-13-15-26(37-4-2)30(35)29(24)34/h8,10-15,17,19H,3-7,9,16,18H2,1-2H3. The highest BCUT2D eigenvalue weighted by Crippen LogP contribution is 2.36. The zero-order chi connectivity index (χ0) is 27.9. The first-order chi connectivity index (χ1) is 18.8. The normalized spacial score (nSPS) is 15.2. The Morgan fingerprint density at radius 3 is 2.05 bits per heavy atom. The second kappa shape index (κ2) is 13.0. The van der Waals surface area contributed by atoms with Crippen molar-refractivity contribution in [1.29, 1.82) is 0 Å². The maximum atomic E-state index is 14.8. The van der Waals surface area contributed by atoms with Crippen molar-refractivity contribution in [1.82, 2.24) is 0 Å². The monoisotopic (exact) mass is 546 g/mol. The number of unbranched alkanes of at least 4 members (excludes halogenated alkanes) is 1. The van der Waals surface area contributed by atoms with Crippen LogP contribution in [-0.2, 0) is 0 Å². The van der Waals surface area contributed by atoms with Gasteiger partial charge in [-0.1, -0.05) is 19.4 Å². The Morgan fingerprint density at radius 2 is 1.41 bits per heavy atom. The van der Waals surface area contributed by atoms with Gasteiger partial charge in [0.05, 0.1) is 19.8 Å². The van der Waals surface area contributed by atoms with E-state index >= 15 is 0 Å². The van der Waals surface area contributed by atoms with Crippen LogP contribution >= 0.6 is 0 Å². The van der Waals surface area contributed by atoms with E-state index in [0.717, 1.165) is 24.5 Å². The van der Waals surface area contributed by atoms with E-state index in [1.807, 2.05) is 13.0 Å². The van der Waals surface area contributed by atoms with E-state index in [0.29, 0.717) is 25.9 Å². The summed E-state index contributed by atoms with van der Waals surface area (Å²) in [4.78, 5) is 0. The lowest BCUT2D eigenvalue weighted by molar-refractivity contribution is 0.239. The predicted molar refractivity (Wildman–Crippen MR) is 140 cm³/mol. The molecular formula is C31H31F5O3. The Bertz CT molecular complexity index is 1340. The summed E-state index contributed by atoms with van der Waals surface area (Å²) >= 11 is 0. The Kier molecular flexibility index (Phi) is 9.49. The number of ether oxygens (including phenoxy) is 3. The van der Waals surface area contributed by atoms with E-state index in [9.17, 15) is 22.0 Å². The number of halogens is 5. The molecule has 0 fully saturated rings. The first kappa shape index (κ1) is 28.5. The van der Waals surface area contributed by atoms with Gasteiger partial charge in [-0.3, -0.25) is 0 Å². The lowest BCUT2D eigenvalue weighted by Crippen LogP contribution is -2.15. The SMILES string of the molecule is CCCCOc1ccc(C2=CCC(COc3ccc(-c4ccc(OCC)c(F)c4F)c(F)c3)CC2)c(F)c1F. The summed E-state index contributed by atoms with van der Waals surface area (Å²) in [5.74, 6) is -4.96. The number of hydrogen-bond donors (Lipinski definition) is 0. The van der Waals surface area contributed by atoms with Crippen LogP contribution in [0.15, 0.2) is 48.5 Å². The molecule has 208 valence electrons. The van der Waals surface area contributed by atoms with E-state index in [1.165, 1.54) is 30.3 Å². The molecule has 0 bridgehead atoms. The van der Waals surface area contributed by atoms with Crippen molar-refractivity contribution in [2.75, 3.05) is 19.8 Å². The minimum absolute atomic E-state index is 0.0824. The van der Waals surface area contributed by atoms with Crippen molar-refractivity contribution in [3.63, 3.8) is 0 Å². The van der Waals surface area contributed by atoms with Crippen LogP contribution in [0.25, 0.3) is 16.7 Å². The number of hydrogen-bond acceptors (Lipinski definition) is 3. The lowest BCUT2D eigenvalue weighted by atomic mass is 9.87. The maximum absolute atomic E-state index is 14.8. The molecule has 0 saturated carbocycles. The van der Waals surface area contributed by atoms with Gasteiger partial charge < -0.3 is 14.2 Å². The number of rotatable bonds is 11. The molecular weight excluding hydrogens is 515 g/mol. The third-order valence-electron chi connectivity index (χ3n) is 6.73. The zero-order valence-corrected chi connectivity index (χ0v) is 22.0. The van der Waals surface area contributed by atoms with Crippen LogP contribution < -0.4 is 14.2 Å². The average molecular weight is 547 g/mol. The first-order valence-corrected chi connectivity index (χ1v) is 13.2. The van der Waals surface area contributed by atoms with Gasteiger partial charge in [0.15, 0.2) is 23.1 Å². The highest BCUT2D eigenvalue weighted by atomic mass is 19.2. The van der Waals surface area contributed by atoms with Gasteiger partial charge in [-0.25, -0.2) is 13.2 Å². The number of benzene rings is 3. The molecule has 0 aliphatic heterocycles. The van der Waals surface area contributed by atoms with Crippen molar-refractivity contribution >= 4 is 5.57 Å². The van der Waals surface area contributed by atoms with Crippen molar-refractivity contribution in [3.05, 3.63) is 83.2 Å². The summed E-state index contributed by atoms with van der Waals surface area (Å²) in [5, 5.41) is 0. The maximum Gasteiger partial charge on any atom is 0.201 e. The van der Waals surface area contributed by atoms with Gasteiger partial charge in [0.2, 0.25) is 11.6 Å². The largest absolute Gasteiger partial charge is 0.493 e. The molecule has 0 spiro atoms. The molecule has 3 aromatic rings. The van der Waals surface area contributed by atoms with E-state index in [2.05, 4.69) is 0 Å². The molecule has 1 aliphatic carbocycles. The Morgan fingerprint density at radius 1 is 0.744 bits per heavy atom. The van der Waals surface area contributed by atoms with Crippen LogP contribution in [0.5, 0.6) is 17.2 Å². The van der Waals surface area contributed by atoms with Crippen LogP contribution in [0.1, 0.15) is 51.5 Å². The molecule has 3 nitrogen and oxygen atoms in total. The molecule has 8 heteroatoms. The summed E-state index contributed by atoms with van der Waals surface area (Å²) in [6, 6.07) is 9.53. The van der Waals surface area contributed by atoms with Crippen LogP contribution in [0, 0.1) is 35.0 Å². The molecule has 39 heavy (non-hydrogen) atoms. The summed E-state index contributed by atoms with van der Waals surface area (Å²) in [7, 11) is 0. The predicted octanol–water partition coefficient (Wildman–Crippen LogP) is 8.89. The molecule has 0 radical (unpaired) electrons. The van der Waals surface area contributed by atoms with Crippen molar-refractivity contribution in [2.24, 2.45) is 5.92 Å². The molecule has 0 saturated heterocycles. The van der Waals surface area contributed by atoms with E-state index in [4.69, 9.17) is 14.2 Å². The molecule has 0 aromatic heterocycles. The Labute approximate surface area is 225 Å². The lowest BCUT2D eigenvalue weighted by Gasteiger charge is -2.23. The Hall–Kier alpha value is -3.55. The summed E-state index contributed by atoms with van der Waals surface area (Å²) in [6.45, 7) is 4.43. The quantitative estimate of drug-likeness (QED) is 0.178. The fourth-order valence-electron chi connectivity index (χ4n) is 4.53. The second-order valence-corrected chi connectivity index (χ2v) is 9.44. The molecule has 0 heterocycles. The second-order valence-electron chi connectivity index (χ2n) is 9.44. The Balaban J connectivity index is 1.37. The van der Waals surface area contributed by atoms with Gasteiger partial charge in [-0.15, -0.1) is 0 Å². The third kappa shape index (κ3) is 6.54. The highest BCUT2D eigenvalue weighted by molar-refractivity contribution is 5.68. The molecule has 3 aromatic carbocycles. The summed E-state index contributed by atoms with van der Waals surface area (Å²) in [6.07, 6.45) is 5.33. The minimum Gasteiger partial charge on any atom is -0.493 e. The van der Waals surface area contributed by atoms with Crippen molar-refractivity contribution in [3.8, 4) is 28.4 Å². The van der Waals surface area contributed by atoms with Crippen molar-refractivity contribution in [2.45, 2.75) is 46.0 Å². The van der Waals surface area contributed by atoms with E-state index in [1.54, 1.807) is 13.0 Å². The van der Waals surface area contributed by atoms with Gasteiger partial charge in [0.25, 0.3) is 0 Å². The third-order valence-corrected chi connectivity index (χ3v) is 6.73. The highest BCUT2D eigenvalue weighted by Gasteiger charge is 2.22. The summed E-state index contributed by atoms with van der Waals surface area (Å²) < 4.78 is 88.9. The fraction of sp³-hybridized carbons (Fsp3) is 0.355. The molecule has 0 amide bonds. The minimum atomic E-state index is -1.19.